The zero-order valence-electron chi connectivity index (χ0n) is 15.7. The molecule has 5 nitrogen and oxygen atoms in total. The molecule has 0 saturated carbocycles. The third-order valence-corrected chi connectivity index (χ3v) is 6.03. The van der Waals surface area contributed by atoms with Crippen molar-refractivity contribution in [1.82, 2.24) is 9.80 Å². The first-order valence-corrected chi connectivity index (χ1v) is 10.7. The third-order valence-electron chi connectivity index (χ3n) is 5.50. The molecular formula is C20H28N2O3S. The van der Waals surface area contributed by atoms with Crippen LogP contribution in [-0.2, 0) is 20.7 Å². The SMILES string of the molecule is CSCC(=O)N1CCOC2(CCN(C(=O)Cc3ccccc3C)CC2)C1. The number of carbonyl (C=O) groups excluding carboxylic acids is 2. The molecule has 0 aliphatic carbocycles. The molecule has 0 atom stereocenters. The molecule has 1 spiro atoms. The molecule has 6 heteroatoms. The van der Waals surface area contributed by atoms with Crippen molar-refractivity contribution >= 4 is 23.6 Å². The fourth-order valence-electron chi connectivity index (χ4n) is 3.82. The van der Waals surface area contributed by atoms with Gasteiger partial charge in [-0.15, -0.1) is 0 Å². The van der Waals surface area contributed by atoms with Gasteiger partial charge in [-0.05, 0) is 37.1 Å². The summed E-state index contributed by atoms with van der Waals surface area (Å²) in [5.41, 5.74) is 1.99. The molecule has 0 N–H and O–H groups in total. The van der Waals surface area contributed by atoms with E-state index in [1.807, 2.05) is 47.2 Å². The van der Waals surface area contributed by atoms with Crippen LogP contribution in [0.4, 0.5) is 0 Å². The van der Waals surface area contributed by atoms with Gasteiger partial charge in [0.2, 0.25) is 11.8 Å². The number of carbonyl (C=O) groups is 2. The van der Waals surface area contributed by atoms with Crippen molar-refractivity contribution in [3.05, 3.63) is 35.4 Å². The average molecular weight is 377 g/mol. The minimum atomic E-state index is -0.272. The van der Waals surface area contributed by atoms with Crippen LogP contribution in [-0.4, -0.2) is 72.0 Å². The fraction of sp³-hybridized carbons (Fsp3) is 0.600. The summed E-state index contributed by atoms with van der Waals surface area (Å²) in [6.45, 7) is 5.38. The lowest BCUT2D eigenvalue weighted by Crippen LogP contribution is -2.59. The lowest BCUT2D eigenvalue weighted by molar-refractivity contribution is -0.161. The summed E-state index contributed by atoms with van der Waals surface area (Å²) in [5, 5.41) is 0. The van der Waals surface area contributed by atoms with E-state index in [1.54, 1.807) is 11.8 Å². The van der Waals surface area contributed by atoms with Crippen molar-refractivity contribution in [2.45, 2.75) is 31.8 Å². The van der Waals surface area contributed by atoms with Gasteiger partial charge < -0.3 is 14.5 Å². The highest BCUT2D eigenvalue weighted by molar-refractivity contribution is 7.99. The van der Waals surface area contributed by atoms with Gasteiger partial charge in [0.05, 0.1) is 24.4 Å². The van der Waals surface area contributed by atoms with Crippen LogP contribution in [0.25, 0.3) is 0 Å². The van der Waals surface area contributed by atoms with Crippen molar-refractivity contribution in [1.29, 1.82) is 0 Å². The number of rotatable bonds is 4. The molecule has 1 aromatic carbocycles. The highest BCUT2D eigenvalue weighted by atomic mass is 32.2. The zero-order chi connectivity index (χ0) is 18.6. The van der Waals surface area contributed by atoms with E-state index in [9.17, 15) is 9.59 Å². The van der Waals surface area contributed by atoms with E-state index >= 15 is 0 Å². The molecule has 0 aromatic heterocycles. The van der Waals surface area contributed by atoms with E-state index in [0.29, 0.717) is 45.0 Å². The largest absolute Gasteiger partial charge is 0.371 e. The Kier molecular flexibility index (Phi) is 6.24. The van der Waals surface area contributed by atoms with E-state index in [2.05, 4.69) is 0 Å². The maximum Gasteiger partial charge on any atom is 0.232 e. The molecular weight excluding hydrogens is 348 g/mol. The maximum absolute atomic E-state index is 12.7. The van der Waals surface area contributed by atoms with E-state index < -0.39 is 0 Å². The molecule has 142 valence electrons. The van der Waals surface area contributed by atoms with Crippen LogP contribution in [0.2, 0.25) is 0 Å². The first-order chi connectivity index (χ1) is 12.5. The van der Waals surface area contributed by atoms with Crippen molar-refractivity contribution < 1.29 is 14.3 Å². The molecule has 3 rings (SSSR count). The normalized spacial score (nSPS) is 19.6. The predicted molar refractivity (Wildman–Crippen MR) is 104 cm³/mol. The lowest BCUT2D eigenvalue weighted by atomic mass is 9.89. The summed E-state index contributed by atoms with van der Waals surface area (Å²) in [6, 6.07) is 8.05. The van der Waals surface area contributed by atoms with Gasteiger partial charge in [0.1, 0.15) is 0 Å². The molecule has 0 unspecified atom stereocenters. The first-order valence-electron chi connectivity index (χ1n) is 9.26. The molecule has 2 saturated heterocycles. The Morgan fingerprint density at radius 1 is 1.12 bits per heavy atom. The Labute approximate surface area is 160 Å². The fourth-order valence-corrected chi connectivity index (χ4v) is 4.25. The van der Waals surface area contributed by atoms with E-state index in [-0.39, 0.29) is 17.4 Å². The highest BCUT2D eigenvalue weighted by Crippen LogP contribution is 2.30. The third kappa shape index (κ3) is 4.41. The Morgan fingerprint density at radius 3 is 2.54 bits per heavy atom. The maximum atomic E-state index is 12.7. The molecule has 0 radical (unpaired) electrons. The standard InChI is InChI=1S/C20H28N2O3S/c1-16-5-3-4-6-17(16)13-18(23)21-9-7-20(8-10-21)15-22(11-12-25-20)19(24)14-26-2/h3-6H,7-15H2,1-2H3. The number of aryl methyl sites for hydroxylation is 1. The molecule has 0 bridgehead atoms. The summed E-state index contributed by atoms with van der Waals surface area (Å²) >= 11 is 1.56. The Bertz CT molecular complexity index is 656. The predicted octanol–water partition coefficient (Wildman–Crippen LogP) is 2.12. The molecule has 2 aliphatic rings. The molecule has 2 amide bonds. The van der Waals surface area contributed by atoms with Crippen LogP contribution in [0.3, 0.4) is 0 Å². The van der Waals surface area contributed by atoms with Crippen molar-refractivity contribution in [3.8, 4) is 0 Å². The molecule has 1 aromatic rings. The second-order valence-electron chi connectivity index (χ2n) is 7.26. The van der Waals surface area contributed by atoms with Gasteiger partial charge >= 0.3 is 0 Å². The van der Waals surface area contributed by atoms with Gasteiger partial charge in [-0.25, -0.2) is 0 Å². The quantitative estimate of drug-likeness (QED) is 0.808. The number of likely N-dealkylation sites (tertiary alicyclic amines) is 1. The Balaban J connectivity index is 1.55. The van der Waals surface area contributed by atoms with Gasteiger partial charge in [-0.2, -0.15) is 11.8 Å². The number of thioether (sulfide) groups is 1. The summed E-state index contributed by atoms with van der Waals surface area (Å²) < 4.78 is 6.09. The second-order valence-corrected chi connectivity index (χ2v) is 8.13. The topological polar surface area (TPSA) is 49.9 Å². The van der Waals surface area contributed by atoms with Crippen molar-refractivity contribution in [2.75, 3.05) is 44.8 Å². The monoisotopic (exact) mass is 376 g/mol. The minimum absolute atomic E-state index is 0.181. The summed E-state index contributed by atoms with van der Waals surface area (Å²) in [4.78, 5) is 28.8. The molecule has 26 heavy (non-hydrogen) atoms. The first kappa shape index (κ1) is 19.2. The van der Waals surface area contributed by atoms with Gasteiger partial charge in [0, 0.05) is 26.2 Å². The van der Waals surface area contributed by atoms with Crippen LogP contribution < -0.4 is 0 Å². The summed E-state index contributed by atoms with van der Waals surface area (Å²) in [6.07, 6.45) is 4.01. The van der Waals surface area contributed by atoms with E-state index in [4.69, 9.17) is 4.74 Å². The van der Waals surface area contributed by atoms with Crippen molar-refractivity contribution in [3.63, 3.8) is 0 Å². The number of hydrogen-bond acceptors (Lipinski definition) is 4. The van der Waals surface area contributed by atoms with Gasteiger partial charge in [0.15, 0.2) is 0 Å². The number of piperidine rings is 1. The number of ether oxygens (including phenoxy) is 1. The van der Waals surface area contributed by atoms with E-state index in [1.165, 1.54) is 0 Å². The Hall–Kier alpha value is -1.53. The van der Waals surface area contributed by atoms with Crippen LogP contribution in [0.1, 0.15) is 24.0 Å². The smallest absolute Gasteiger partial charge is 0.232 e. The molecule has 2 aliphatic heterocycles. The van der Waals surface area contributed by atoms with Crippen LogP contribution in [0, 0.1) is 6.92 Å². The average Bonchev–Trinajstić information content (AvgIpc) is 2.64. The number of hydrogen-bond donors (Lipinski definition) is 0. The zero-order valence-corrected chi connectivity index (χ0v) is 16.5. The number of benzene rings is 1. The van der Waals surface area contributed by atoms with Crippen LogP contribution in [0.5, 0.6) is 0 Å². The van der Waals surface area contributed by atoms with Crippen molar-refractivity contribution in [2.24, 2.45) is 0 Å². The van der Waals surface area contributed by atoms with Gasteiger partial charge in [-0.1, -0.05) is 24.3 Å². The lowest BCUT2D eigenvalue weighted by Gasteiger charge is -2.47. The number of morpholine rings is 1. The summed E-state index contributed by atoms with van der Waals surface area (Å²) in [5.74, 6) is 0.899. The second kappa shape index (κ2) is 8.44. The van der Waals surface area contributed by atoms with Gasteiger partial charge in [0.25, 0.3) is 0 Å². The number of nitrogens with zero attached hydrogens (tertiary/aromatic N) is 2. The van der Waals surface area contributed by atoms with Gasteiger partial charge in [-0.3, -0.25) is 9.59 Å². The molecule has 2 fully saturated rings. The minimum Gasteiger partial charge on any atom is -0.371 e. The summed E-state index contributed by atoms with van der Waals surface area (Å²) in [7, 11) is 0. The van der Waals surface area contributed by atoms with Crippen LogP contribution in [0.15, 0.2) is 24.3 Å². The Morgan fingerprint density at radius 2 is 1.85 bits per heavy atom. The number of amides is 2. The highest BCUT2D eigenvalue weighted by Gasteiger charge is 2.41. The van der Waals surface area contributed by atoms with E-state index in [0.717, 1.165) is 24.0 Å². The molecule has 2 heterocycles. The van der Waals surface area contributed by atoms with Crippen LogP contribution >= 0.6 is 11.8 Å².